The Morgan fingerprint density at radius 1 is 1.15 bits per heavy atom. The number of hydrogen-bond donors (Lipinski definition) is 2. The lowest BCUT2D eigenvalue weighted by Crippen LogP contribution is -2.34. The van der Waals surface area contributed by atoms with E-state index in [9.17, 15) is 32.3 Å². The zero-order chi connectivity index (χ0) is 29.2. The van der Waals surface area contributed by atoms with E-state index in [1.807, 2.05) is 6.92 Å². The van der Waals surface area contributed by atoms with Crippen molar-refractivity contribution in [3.8, 4) is 0 Å². The van der Waals surface area contributed by atoms with Crippen LogP contribution in [0.2, 0.25) is 0 Å². The standard InChI is InChI=1S/C27H28F3N5O4/c1-6-16-10-11-20(19(28)12-16)32-23-21(25(38)33(3)4)22(15(2)24(37)34(23)5)35(14-36)18-9-7-8-17(13-18)27(29,30)26(31)39/h7-14,32H,6H2,1-5H3,(H2,31,39). The molecule has 0 aliphatic heterocycles. The Bertz CT molecular complexity index is 1520. The number of anilines is 4. The van der Waals surface area contributed by atoms with E-state index in [-0.39, 0.29) is 40.4 Å². The molecule has 0 fully saturated rings. The predicted molar refractivity (Wildman–Crippen MR) is 141 cm³/mol. The SMILES string of the molecule is CCc1ccc(Nc2c(C(=O)N(C)C)c(N(C=O)c3cccc(C(F)(F)C(N)=O)c3)c(C)c(=O)n2C)c(F)c1. The van der Waals surface area contributed by atoms with Gasteiger partial charge in [-0.25, -0.2) is 4.39 Å². The molecular weight excluding hydrogens is 515 g/mol. The van der Waals surface area contributed by atoms with Crippen molar-refractivity contribution in [2.24, 2.45) is 12.8 Å². The third kappa shape index (κ3) is 5.35. The van der Waals surface area contributed by atoms with Crippen molar-refractivity contribution in [2.75, 3.05) is 24.3 Å². The summed E-state index contributed by atoms with van der Waals surface area (Å²) in [6.45, 7) is 3.22. The Balaban J connectivity index is 2.36. The normalized spacial score (nSPS) is 11.2. The minimum Gasteiger partial charge on any atom is -0.364 e. The van der Waals surface area contributed by atoms with Gasteiger partial charge in [-0.15, -0.1) is 0 Å². The van der Waals surface area contributed by atoms with Crippen LogP contribution in [-0.2, 0) is 29.0 Å². The number of nitrogens with zero attached hydrogens (tertiary/aromatic N) is 3. The smallest absolute Gasteiger partial charge is 0.349 e. The van der Waals surface area contributed by atoms with Crippen LogP contribution >= 0.6 is 0 Å². The van der Waals surface area contributed by atoms with E-state index in [1.165, 1.54) is 57.2 Å². The number of hydrogen-bond acceptors (Lipinski definition) is 5. The Hall–Kier alpha value is -4.61. The molecule has 0 saturated heterocycles. The van der Waals surface area contributed by atoms with Crippen molar-refractivity contribution in [3.05, 3.63) is 80.9 Å². The van der Waals surface area contributed by atoms with Crippen LogP contribution in [0, 0.1) is 12.7 Å². The van der Waals surface area contributed by atoms with Crippen LogP contribution in [0.4, 0.5) is 36.1 Å². The zero-order valence-corrected chi connectivity index (χ0v) is 22.0. The molecule has 0 radical (unpaired) electrons. The highest BCUT2D eigenvalue weighted by Gasteiger charge is 2.39. The van der Waals surface area contributed by atoms with Crippen LogP contribution in [-0.4, -0.2) is 41.8 Å². The maximum Gasteiger partial charge on any atom is 0.349 e. The number of nitrogens with two attached hydrogens (primary N) is 1. The van der Waals surface area contributed by atoms with Crippen molar-refractivity contribution in [2.45, 2.75) is 26.2 Å². The van der Waals surface area contributed by atoms with Crippen molar-refractivity contribution >= 4 is 41.1 Å². The number of aryl methyl sites for hydroxylation is 1. The van der Waals surface area contributed by atoms with Gasteiger partial charge >= 0.3 is 5.92 Å². The van der Waals surface area contributed by atoms with E-state index in [0.717, 1.165) is 27.2 Å². The maximum absolute atomic E-state index is 14.9. The second kappa shape index (κ2) is 11.0. The fraction of sp³-hybridized carbons (Fsp3) is 0.259. The third-order valence-electron chi connectivity index (χ3n) is 6.25. The van der Waals surface area contributed by atoms with E-state index in [0.29, 0.717) is 6.42 Å². The van der Waals surface area contributed by atoms with Crippen LogP contribution in [0.3, 0.4) is 0 Å². The molecule has 1 heterocycles. The molecule has 9 nitrogen and oxygen atoms in total. The number of nitrogens with one attached hydrogen (secondary N) is 1. The monoisotopic (exact) mass is 543 g/mol. The van der Waals surface area contributed by atoms with Gasteiger partial charge in [-0.1, -0.05) is 25.1 Å². The Morgan fingerprint density at radius 2 is 1.82 bits per heavy atom. The molecule has 12 heteroatoms. The Morgan fingerprint density at radius 3 is 2.36 bits per heavy atom. The Labute approximate surface area is 222 Å². The molecule has 0 aliphatic carbocycles. The number of amides is 3. The molecule has 1 aromatic heterocycles. The molecule has 0 saturated carbocycles. The van der Waals surface area contributed by atoms with Gasteiger partial charge in [-0.3, -0.25) is 28.6 Å². The van der Waals surface area contributed by atoms with Crippen molar-refractivity contribution < 1.29 is 27.6 Å². The lowest BCUT2D eigenvalue weighted by Gasteiger charge is -2.28. The highest BCUT2D eigenvalue weighted by Crippen LogP contribution is 2.37. The second-order valence-electron chi connectivity index (χ2n) is 9.02. The number of benzene rings is 2. The largest absolute Gasteiger partial charge is 0.364 e. The van der Waals surface area contributed by atoms with Crippen LogP contribution in [0.25, 0.3) is 0 Å². The number of rotatable bonds is 9. The molecule has 39 heavy (non-hydrogen) atoms. The number of carbonyl (C=O) groups excluding carboxylic acids is 3. The summed E-state index contributed by atoms with van der Waals surface area (Å²) in [6, 6.07) is 8.71. The van der Waals surface area contributed by atoms with Gasteiger partial charge in [0.25, 0.3) is 17.4 Å². The van der Waals surface area contributed by atoms with Gasteiger partial charge < -0.3 is 16.0 Å². The first-order valence-electron chi connectivity index (χ1n) is 11.8. The van der Waals surface area contributed by atoms with Gasteiger partial charge in [0.2, 0.25) is 6.41 Å². The highest BCUT2D eigenvalue weighted by atomic mass is 19.3. The van der Waals surface area contributed by atoms with Crippen molar-refractivity contribution in [1.82, 2.24) is 9.47 Å². The molecule has 0 unspecified atom stereocenters. The van der Waals surface area contributed by atoms with Crippen LogP contribution in [0.1, 0.15) is 34.0 Å². The van der Waals surface area contributed by atoms with E-state index >= 15 is 0 Å². The first-order valence-corrected chi connectivity index (χ1v) is 11.8. The van der Waals surface area contributed by atoms with Gasteiger partial charge in [-0.2, -0.15) is 8.78 Å². The van der Waals surface area contributed by atoms with Gasteiger partial charge in [0.1, 0.15) is 17.2 Å². The number of primary amides is 1. The van der Waals surface area contributed by atoms with Gasteiger partial charge in [0.05, 0.1) is 11.4 Å². The van der Waals surface area contributed by atoms with Gasteiger partial charge in [0, 0.05) is 38.0 Å². The molecule has 0 spiro atoms. The quantitative estimate of drug-likeness (QED) is 0.399. The zero-order valence-electron chi connectivity index (χ0n) is 22.0. The van der Waals surface area contributed by atoms with Gasteiger partial charge in [0.15, 0.2) is 0 Å². The molecule has 0 aliphatic rings. The van der Waals surface area contributed by atoms with Crippen LogP contribution < -0.4 is 21.5 Å². The molecular formula is C27H28F3N5O4. The second-order valence-corrected chi connectivity index (χ2v) is 9.02. The number of alkyl halides is 2. The maximum atomic E-state index is 14.9. The highest BCUT2D eigenvalue weighted by molar-refractivity contribution is 6.08. The summed E-state index contributed by atoms with van der Waals surface area (Å²) in [5.74, 6) is -7.38. The van der Waals surface area contributed by atoms with Gasteiger partial charge in [-0.05, 0) is 43.2 Å². The fourth-order valence-corrected chi connectivity index (χ4v) is 4.04. The minimum atomic E-state index is -4.05. The average molecular weight is 544 g/mol. The van der Waals surface area contributed by atoms with E-state index in [2.05, 4.69) is 5.32 Å². The summed E-state index contributed by atoms with van der Waals surface area (Å²) in [7, 11) is 4.24. The Kier molecular flexibility index (Phi) is 8.18. The van der Waals surface area contributed by atoms with Crippen LogP contribution in [0.5, 0.6) is 0 Å². The lowest BCUT2D eigenvalue weighted by atomic mass is 10.0. The molecule has 3 N–H and O–H groups in total. The number of pyridine rings is 1. The van der Waals surface area contributed by atoms with E-state index in [1.54, 1.807) is 6.07 Å². The minimum absolute atomic E-state index is 0.0365. The molecule has 2 aromatic carbocycles. The molecule has 0 atom stereocenters. The summed E-state index contributed by atoms with van der Waals surface area (Å²) in [5, 5.41) is 2.80. The molecule has 3 aromatic rings. The fourth-order valence-electron chi connectivity index (χ4n) is 4.04. The number of carbonyl (C=O) groups is 3. The molecule has 0 bridgehead atoms. The predicted octanol–water partition coefficient (Wildman–Crippen LogP) is 3.71. The topological polar surface area (TPSA) is 118 Å². The number of aromatic nitrogens is 1. The first-order chi connectivity index (χ1) is 18.3. The van der Waals surface area contributed by atoms with E-state index < -0.39 is 34.7 Å². The first kappa shape index (κ1) is 29.0. The van der Waals surface area contributed by atoms with Crippen molar-refractivity contribution in [1.29, 1.82) is 0 Å². The lowest BCUT2D eigenvalue weighted by molar-refractivity contribution is -0.143. The summed E-state index contributed by atoms with van der Waals surface area (Å²) >= 11 is 0. The summed E-state index contributed by atoms with van der Waals surface area (Å²) < 4.78 is 44.8. The molecule has 206 valence electrons. The van der Waals surface area contributed by atoms with E-state index in [4.69, 9.17) is 5.73 Å². The van der Waals surface area contributed by atoms with Crippen molar-refractivity contribution in [3.63, 3.8) is 0 Å². The average Bonchev–Trinajstić information content (AvgIpc) is 2.90. The number of halogens is 3. The summed E-state index contributed by atoms with van der Waals surface area (Å²) in [5.41, 5.74) is 3.47. The summed E-state index contributed by atoms with van der Waals surface area (Å²) in [6.07, 6.45) is 0.826. The molecule has 3 amide bonds. The summed E-state index contributed by atoms with van der Waals surface area (Å²) in [4.78, 5) is 52.6. The third-order valence-corrected chi connectivity index (χ3v) is 6.25. The van der Waals surface area contributed by atoms with Crippen LogP contribution in [0.15, 0.2) is 47.3 Å². The molecule has 3 rings (SSSR count).